The molecule has 4 heteroatoms. The average molecular weight is 329 g/mol. The Morgan fingerprint density at radius 2 is 2.06 bits per heavy atom. The second-order valence-electron chi connectivity index (χ2n) is 4.34. The van der Waals surface area contributed by atoms with Gasteiger partial charge in [-0.15, -0.1) is 11.3 Å². The molecular weight excluding hydrogens is 315 g/mol. The van der Waals surface area contributed by atoms with Crippen LogP contribution in [0, 0.1) is 19.7 Å². The van der Waals surface area contributed by atoms with E-state index in [0.29, 0.717) is 6.42 Å². The second-order valence-corrected chi connectivity index (χ2v) is 6.49. The Hall–Kier alpha value is -0.710. The van der Waals surface area contributed by atoms with Crippen molar-refractivity contribution in [3.63, 3.8) is 0 Å². The van der Waals surface area contributed by atoms with Crippen molar-refractivity contribution in [2.24, 2.45) is 0 Å². The first-order valence-corrected chi connectivity index (χ1v) is 7.27. The Balaban J connectivity index is 2.20. The molecule has 0 spiro atoms. The van der Waals surface area contributed by atoms with Gasteiger partial charge in [0, 0.05) is 20.6 Å². The number of hydrogen-bond acceptors (Lipinski definition) is 2. The van der Waals surface area contributed by atoms with Crippen LogP contribution < -0.4 is 0 Å². The van der Waals surface area contributed by atoms with Crippen LogP contribution in [0.1, 0.15) is 27.0 Å². The lowest BCUT2D eigenvalue weighted by atomic mass is 10.0. The fourth-order valence-electron chi connectivity index (χ4n) is 1.81. The van der Waals surface area contributed by atoms with Crippen molar-refractivity contribution in [2.75, 3.05) is 0 Å². The molecule has 2 rings (SSSR count). The minimum Gasteiger partial charge on any atom is -0.387 e. The summed E-state index contributed by atoms with van der Waals surface area (Å²) in [5.74, 6) is -0.258. The van der Waals surface area contributed by atoms with Gasteiger partial charge in [-0.1, -0.05) is 6.07 Å². The van der Waals surface area contributed by atoms with Gasteiger partial charge in [0.15, 0.2) is 0 Å². The number of aryl methyl sites for hydroxylation is 2. The molecule has 0 aliphatic rings. The standard InChI is InChI=1S/C14H14BrFOS/c1-8-3-4-11(16)5-10(8)6-13(17)14-7-12(15)9(2)18-14/h3-5,7,13,17H,6H2,1-2H3. The van der Waals surface area contributed by atoms with Crippen LogP contribution in [0.5, 0.6) is 0 Å². The molecule has 96 valence electrons. The molecule has 0 fully saturated rings. The normalized spacial score (nSPS) is 12.7. The molecule has 1 heterocycles. The molecule has 1 aromatic heterocycles. The summed E-state index contributed by atoms with van der Waals surface area (Å²) in [6.45, 7) is 3.93. The molecule has 1 atom stereocenters. The Kier molecular flexibility index (Phi) is 4.20. The first-order valence-electron chi connectivity index (χ1n) is 5.66. The van der Waals surface area contributed by atoms with E-state index < -0.39 is 6.10 Å². The molecule has 0 aliphatic heterocycles. The molecule has 1 N–H and O–H groups in total. The average Bonchev–Trinajstić information content (AvgIpc) is 2.64. The SMILES string of the molecule is Cc1ccc(F)cc1CC(O)c1cc(Br)c(C)s1. The third kappa shape index (κ3) is 2.99. The zero-order chi connectivity index (χ0) is 13.3. The molecule has 0 bridgehead atoms. The maximum absolute atomic E-state index is 13.2. The van der Waals surface area contributed by atoms with E-state index in [9.17, 15) is 9.50 Å². The fourth-order valence-corrected chi connectivity index (χ4v) is 3.36. The quantitative estimate of drug-likeness (QED) is 0.876. The number of rotatable bonds is 3. The molecule has 18 heavy (non-hydrogen) atoms. The van der Waals surface area contributed by atoms with Crippen LogP contribution >= 0.6 is 27.3 Å². The minimum absolute atomic E-state index is 0.258. The van der Waals surface area contributed by atoms with Crippen LogP contribution in [0.4, 0.5) is 4.39 Å². The monoisotopic (exact) mass is 328 g/mol. The number of thiophene rings is 1. The molecule has 1 aromatic carbocycles. The molecule has 1 nitrogen and oxygen atoms in total. The lowest BCUT2D eigenvalue weighted by molar-refractivity contribution is 0.182. The van der Waals surface area contributed by atoms with Crippen molar-refractivity contribution in [1.82, 2.24) is 0 Å². The number of benzene rings is 1. The van der Waals surface area contributed by atoms with Crippen LogP contribution in [-0.4, -0.2) is 5.11 Å². The van der Waals surface area contributed by atoms with Gasteiger partial charge < -0.3 is 5.11 Å². The Labute approximate surface area is 118 Å². The third-order valence-corrected chi connectivity index (χ3v) is 5.17. The van der Waals surface area contributed by atoms with E-state index in [4.69, 9.17) is 0 Å². The molecular formula is C14H14BrFOS. The van der Waals surface area contributed by atoms with E-state index in [0.717, 1.165) is 25.4 Å². The second kappa shape index (κ2) is 5.51. The van der Waals surface area contributed by atoms with Gasteiger partial charge in [0.05, 0.1) is 6.10 Å². The van der Waals surface area contributed by atoms with Crippen molar-refractivity contribution in [3.8, 4) is 0 Å². The summed E-state index contributed by atoms with van der Waals surface area (Å²) in [7, 11) is 0. The number of aliphatic hydroxyl groups excluding tert-OH is 1. The van der Waals surface area contributed by atoms with Gasteiger partial charge in [0.2, 0.25) is 0 Å². The third-order valence-electron chi connectivity index (χ3n) is 2.93. The summed E-state index contributed by atoms with van der Waals surface area (Å²) in [5, 5.41) is 10.2. The minimum atomic E-state index is -0.583. The molecule has 1 unspecified atom stereocenters. The predicted molar refractivity (Wildman–Crippen MR) is 76.6 cm³/mol. The zero-order valence-corrected chi connectivity index (χ0v) is 12.6. The highest BCUT2D eigenvalue weighted by Crippen LogP contribution is 2.32. The van der Waals surface area contributed by atoms with E-state index in [-0.39, 0.29) is 5.82 Å². The number of hydrogen-bond donors (Lipinski definition) is 1. The lowest BCUT2D eigenvalue weighted by Crippen LogP contribution is -2.01. The Bertz CT molecular complexity index is 545. The van der Waals surface area contributed by atoms with Crippen molar-refractivity contribution < 1.29 is 9.50 Å². The van der Waals surface area contributed by atoms with Gasteiger partial charge in [-0.2, -0.15) is 0 Å². The van der Waals surface area contributed by atoms with E-state index in [2.05, 4.69) is 15.9 Å². The van der Waals surface area contributed by atoms with E-state index >= 15 is 0 Å². The maximum atomic E-state index is 13.2. The highest BCUT2D eigenvalue weighted by Gasteiger charge is 2.14. The summed E-state index contributed by atoms with van der Waals surface area (Å²) in [6, 6.07) is 6.61. The smallest absolute Gasteiger partial charge is 0.123 e. The highest BCUT2D eigenvalue weighted by molar-refractivity contribution is 9.10. The van der Waals surface area contributed by atoms with Crippen LogP contribution in [0.3, 0.4) is 0 Å². The van der Waals surface area contributed by atoms with Crippen molar-refractivity contribution in [1.29, 1.82) is 0 Å². The van der Waals surface area contributed by atoms with Crippen molar-refractivity contribution in [3.05, 3.63) is 55.4 Å². The highest BCUT2D eigenvalue weighted by atomic mass is 79.9. The molecule has 2 aromatic rings. The number of halogens is 2. The Morgan fingerprint density at radius 3 is 2.67 bits per heavy atom. The largest absolute Gasteiger partial charge is 0.387 e. The predicted octanol–water partition coefficient (Wildman–Crippen LogP) is 4.54. The van der Waals surface area contributed by atoms with Crippen LogP contribution in [0.2, 0.25) is 0 Å². The van der Waals surface area contributed by atoms with Gasteiger partial charge in [0.25, 0.3) is 0 Å². The molecule has 0 saturated carbocycles. The van der Waals surface area contributed by atoms with Gasteiger partial charge >= 0.3 is 0 Å². The van der Waals surface area contributed by atoms with Gasteiger partial charge in [-0.3, -0.25) is 0 Å². The molecule has 0 aliphatic carbocycles. The van der Waals surface area contributed by atoms with E-state index in [1.807, 2.05) is 19.9 Å². The topological polar surface area (TPSA) is 20.2 Å². The molecule has 0 amide bonds. The van der Waals surface area contributed by atoms with Gasteiger partial charge in [0.1, 0.15) is 5.82 Å². The van der Waals surface area contributed by atoms with Gasteiger partial charge in [-0.05, 0) is 59.1 Å². The van der Waals surface area contributed by atoms with Crippen LogP contribution in [0.15, 0.2) is 28.7 Å². The van der Waals surface area contributed by atoms with E-state index in [1.54, 1.807) is 17.4 Å². The van der Waals surface area contributed by atoms with Crippen LogP contribution in [0.25, 0.3) is 0 Å². The van der Waals surface area contributed by atoms with Crippen molar-refractivity contribution in [2.45, 2.75) is 26.4 Å². The molecule has 0 saturated heterocycles. The summed E-state index contributed by atoms with van der Waals surface area (Å²) >= 11 is 5.00. The first-order chi connectivity index (χ1) is 8.47. The summed E-state index contributed by atoms with van der Waals surface area (Å²) in [6.07, 6.45) is -0.142. The summed E-state index contributed by atoms with van der Waals surface area (Å²) in [4.78, 5) is 2.04. The van der Waals surface area contributed by atoms with E-state index in [1.165, 1.54) is 12.1 Å². The van der Waals surface area contributed by atoms with Gasteiger partial charge in [-0.25, -0.2) is 4.39 Å². The zero-order valence-electron chi connectivity index (χ0n) is 10.2. The van der Waals surface area contributed by atoms with Crippen molar-refractivity contribution >= 4 is 27.3 Å². The van der Waals surface area contributed by atoms with Crippen LogP contribution in [-0.2, 0) is 6.42 Å². The lowest BCUT2D eigenvalue weighted by Gasteiger charge is -2.11. The summed E-state index contributed by atoms with van der Waals surface area (Å²) in [5.41, 5.74) is 1.85. The first kappa shape index (κ1) is 13.7. The fraction of sp³-hybridized carbons (Fsp3) is 0.286. The Morgan fingerprint density at radius 1 is 1.33 bits per heavy atom. The summed E-state index contributed by atoms with van der Waals surface area (Å²) < 4.78 is 14.2. The molecule has 0 radical (unpaired) electrons. The number of aliphatic hydroxyl groups is 1. The maximum Gasteiger partial charge on any atom is 0.123 e.